The third-order valence-corrected chi connectivity index (χ3v) is 3.98. The predicted octanol–water partition coefficient (Wildman–Crippen LogP) is 3.22. The molecule has 0 bridgehead atoms. The normalized spacial score (nSPS) is 28.3. The topological polar surface area (TPSA) is 44.5 Å². The van der Waals surface area contributed by atoms with Crippen molar-refractivity contribution in [1.29, 1.82) is 0 Å². The summed E-state index contributed by atoms with van der Waals surface area (Å²) in [5.74, 6) is 0. The van der Waals surface area contributed by atoms with Crippen LogP contribution in [0.15, 0.2) is 24.3 Å². The van der Waals surface area contributed by atoms with Gasteiger partial charge in [0.15, 0.2) is 0 Å². The van der Waals surface area contributed by atoms with Gasteiger partial charge in [0.05, 0.1) is 31.0 Å². The second-order valence-corrected chi connectivity index (χ2v) is 5.89. The van der Waals surface area contributed by atoms with Gasteiger partial charge in [-0.2, -0.15) is 0 Å². The molecule has 1 fully saturated rings. The van der Waals surface area contributed by atoms with Crippen LogP contribution in [0.3, 0.4) is 0 Å². The molecule has 0 amide bonds. The average molecular weight is 277 g/mol. The Bertz CT molecular complexity index is 394. The van der Waals surface area contributed by atoms with Crippen LogP contribution in [0.2, 0.25) is 0 Å². The van der Waals surface area contributed by atoms with E-state index >= 15 is 0 Å². The summed E-state index contributed by atoms with van der Waals surface area (Å²) in [6, 6.07) is 8.47. The number of hydrogen-bond acceptors (Lipinski definition) is 3. The molecule has 0 aliphatic carbocycles. The van der Waals surface area contributed by atoms with Crippen molar-refractivity contribution in [2.45, 2.75) is 64.4 Å². The van der Waals surface area contributed by atoms with Gasteiger partial charge in [0.1, 0.15) is 0 Å². The standard InChI is InChI=1S/C17H27NO2/c1-4-14-5-7-15(8-6-14)17(18)11-19-16-9-12(2)20-13(3)10-16/h5-8,12-13,16-17H,4,9-11,18H2,1-3H3. The molecular formula is C17H27NO2. The number of hydrogen-bond donors (Lipinski definition) is 1. The summed E-state index contributed by atoms with van der Waals surface area (Å²) in [5.41, 5.74) is 8.71. The maximum Gasteiger partial charge on any atom is 0.0663 e. The van der Waals surface area contributed by atoms with Crippen molar-refractivity contribution in [3.63, 3.8) is 0 Å². The molecule has 0 radical (unpaired) electrons. The summed E-state index contributed by atoms with van der Waals surface area (Å²) in [6.07, 6.45) is 3.82. The van der Waals surface area contributed by atoms with Crippen molar-refractivity contribution in [3.05, 3.63) is 35.4 Å². The van der Waals surface area contributed by atoms with Crippen LogP contribution in [-0.2, 0) is 15.9 Å². The molecule has 1 saturated heterocycles. The van der Waals surface area contributed by atoms with Gasteiger partial charge in [-0.1, -0.05) is 31.2 Å². The third-order valence-electron chi connectivity index (χ3n) is 3.98. The second kappa shape index (κ2) is 7.21. The third kappa shape index (κ3) is 4.30. The summed E-state index contributed by atoms with van der Waals surface area (Å²) in [7, 11) is 0. The molecule has 2 rings (SSSR count). The molecule has 0 spiro atoms. The Kier molecular flexibility index (Phi) is 5.58. The van der Waals surface area contributed by atoms with E-state index in [0.717, 1.165) is 24.8 Å². The van der Waals surface area contributed by atoms with E-state index in [1.165, 1.54) is 5.56 Å². The first kappa shape index (κ1) is 15.5. The highest BCUT2D eigenvalue weighted by molar-refractivity contribution is 5.24. The highest BCUT2D eigenvalue weighted by atomic mass is 16.5. The van der Waals surface area contributed by atoms with E-state index in [1.807, 2.05) is 0 Å². The fourth-order valence-electron chi connectivity index (χ4n) is 2.82. The zero-order valence-electron chi connectivity index (χ0n) is 12.8. The minimum absolute atomic E-state index is 0.0469. The van der Waals surface area contributed by atoms with Gasteiger partial charge in [-0.25, -0.2) is 0 Å². The molecule has 0 saturated carbocycles. The Morgan fingerprint density at radius 2 is 1.80 bits per heavy atom. The monoisotopic (exact) mass is 277 g/mol. The number of aryl methyl sites for hydroxylation is 1. The summed E-state index contributed by atoms with van der Waals surface area (Å²) >= 11 is 0. The van der Waals surface area contributed by atoms with E-state index in [1.54, 1.807) is 0 Å². The summed E-state index contributed by atoms with van der Waals surface area (Å²) in [5, 5.41) is 0. The molecule has 1 aromatic carbocycles. The molecule has 0 aromatic heterocycles. The lowest BCUT2D eigenvalue weighted by atomic mass is 10.0. The lowest BCUT2D eigenvalue weighted by Crippen LogP contribution is -2.35. The van der Waals surface area contributed by atoms with E-state index in [4.69, 9.17) is 15.2 Å². The minimum Gasteiger partial charge on any atom is -0.376 e. The fraction of sp³-hybridized carbons (Fsp3) is 0.647. The Morgan fingerprint density at radius 3 is 2.35 bits per heavy atom. The molecule has 1 aliphatic rings. The van der Waals surface area contributed by atoms with E-state index in [9.17, 15) is 0 Å². The van der Waals surface area contributed by atoms with Crippen molar-refractivity contribution in [2.24, 2.45) is 5.73 Å². The first-order valence-electron chi connectivity index (χ1n) is 7.70. The first-order valence-corrected chi connectivity index (χ1v) is 7.70. The molecular weight excluding hydrogens is 250 g/mol. The number of rotatable bonds is 5. The second-order valence-electron chi connectivity index (χ2n) is 5.89. The van der Waals surface area contributed by atoms with Crippen LogP contribution in [0.4, 0.5) is 0 Å². The molecule has 1 heterocycles. The molecule has 1 aromatic rings. The Morgan fingerprint density at radius 1 is 1.20 bits per heavy atom. The molecule has 3 nitrogen and oxygen atoms in total. The molecule has 112 valence electrons. The van der Waals surface area contributed by atoms with Gasteiger partial charge in [0.2, 0.25) is 0 Å². The molecule has 20 heavy (non-hydrogen) atoms. The maximum absolute atomic E-state index is 6.22. The van der Waals surface area contributed by atoms with Crippen LogP contribution in [-0.4, -0.2) is 24.9 Å². The number of nitrogens with two attached hydrogens (primary N) is 1. The van der Waals surface area contributed by atoms with Crippen molar-refractivity contribution in [2.75, 3.05) is 6.61 Å². The lowest BCUT2D eigenvalue weighted by molar-refractivity contribution is -0.103. The molecule has 3 atom stereocenters. The Labute approximate surface area is 122 Å². The first-order chi connectivity index (χ1) is 9.58. The summed E-state index contributed by atoms with van der Waals surface area (Å²) < 4.78 is 11.7. The minimum atomic E-state index is -0.0469. The maximum atomic E-state index is 6.22. The summed E-state index contributed by atoms with van der Waals surface area (Å²) in [4.78, 5) is 0. The van der Waals surface area contributed by atoms with Crippen LogP contribution in [0.1, 0.15) is 50.8 Å². The van der Waals surface area contributed by atoms with Crippen LogP contribution in [0, 0.1) is 0 Å². The smallest absolute Gasteiger partial charge is 0.0663 e. The van der Waals surface area contributed by atoms with Crippen molar-refractivity contribution in [1.82, 2.24) is 0 Å². The highest BCUT2D eigenvalue weighted by Gasteiger charge is 2.25. The summed E-state index contributed by atoms with van der Waals surface area (Å²) in [6.45, 7) is 6.95. The quantitative estimate of drug-likeness (QED) is 0.898. The van der Waals surface area contributed by atoms with Crippen molar-refractivity contribution in [3.8, 4) is 0 Å². The predicted molar refractivity (Wildman–Crippen MR) is 81.7 cm³/mol. The van der Waals surface area contributed by atoms with Gasteiger partial charge in [-0.05, 0) is 44.2 Å². The van der Waals surface area contributed by atoms with Gasteiger partial charge >= 0.3 is 0 Å². The largest absolute Gasteiger partial charge is 0.376 e. The van der Waals surface area contributed by atoms with Gasteiger partial charge in [-0.15, -0.1) is 0 Å². The van der Waals surface area contributed by atoms with E-state index in [0.29, 0.717) is 6.61 Å². The lowest BCUT2D eigenvalue weighted by Gasteiger charge is -2.32. The van der Waals surface area contributed by atoms with Crippen molar-refractivity contribution >= 4 is 0 Å². The Balaban J connectivity index is 1.83. The average Bonchev–Trinajstić information content (AvgIpc) is 2.44. The number of benzene rings is 1. The fourth-order valence-corrected chi connectivity index (χ4v) is 2.82. The van der Waals surface area contributed by atoms with E-state index < -0.39 is 0 Å². The van der Waals surface area contributed by atoms with E-state index in [2.05, 4.69) is 45.0 Å². The van der Waals surface area contributed by atoms with Crippen LogP contribution in [0.25, 0.3) is 0 Å². The van der Waals surface area contributed by atoms with E-state index in [-0.39, 0.29) is 24.4 Å². The van der Waals surface area contributed by atoms with Crippen LogP contribution < -0.4 is 5.73 Å². The Hall–Kier alpha value is -0.900. The highest BCUT2D eigenvalue weighted by Crippen LogP contribution is 2.23. The van der Waals surface area contributed by atoms with Gasteiger partial charge in [0.25, 0.3) is 0 Å². The molecule has 3 unspecified atom stereocenters. The van der Waals surface area contributed by atoms with Gasteiger partial charge in [-0.3, -0.25) is 0 Å². The molecule has 1 aliphatic heterocycles. The molecule has 2 N–H and O–H groups in total. The van der Waals surface area contributed by atoms with Crippen molar-refractivity contribution < 1.29 is 9.47 Å². The van der Waals surface area contributed by atoms with Crippen LogP contribution >= 0.6 is 0 Å². The zero-order chi connectivity index (χ0) is 14.5. The van der Waals surface area contributed by atoms with Gasteiger partial charge < -0.3 is 15.2 Å². The molecule has 3 heteroatoms. The SMILES string of the molecule is CCc1ccc(C(N)COC2CC(C)OC(C)C2)cc1. The van der Waals surface area contributed by atoms with Gasteiger partial charge in [0, 0.05) is 0 Å². The van der Waals surface area contributed by atoms with Crippen LogP contribution in [0.5, 0.6) is 0 Å². The number of ether oxygens (including phenoxy) is 2. The zero-order valence-corrected chi connectivity index (χ0v) is 12.8.